The van der Waals surface area contributed by atoms with Gasteiger partial charge in [-0.2, -0.15) is 0 Å². The quantitative estimate of drug-likeness (QED) is 0.349. The molecule has 0 aliphatic carbocycles. The number of anilines is 1. The molecule has 0 fully saturated rings. The van der Waals surface area contributed by atoms with Gasteiger partial charge in [-0.25, -0.2) is 9.97 Å². The van der Waals surface area contributed by atoms with E-state index in [4.69, 9.17) is 4.74 Å². The first-order chi connectivity index (χ1) is 14.7. The molecule has 4 aromatic rings. The highest BCUT2D eigenvalue weighted by Gasteiger charge is 2.10. The molecule has 0 amide bonds. The molecule has 4 rings (SSSR count). The summed E-state index contributed by atoms with van der Waals surface area (Å²) in [6, 6.07) is 18.2. The smallest absolute Gasteiger partial charge is 0.270 e. The first kappa shape index (κ1) is 19.3. The lowest BCUT2D eigenvalue weighted by atomic mass is 10.1. The molecular weight excluding hydrogens is 382 g/mol. The topological polar surface area (TPSA) is 103 Å². The zero-order valence-corrected chi connectivity index (χ0v) is 16.1. The third-order valence-corrected chi connectivity index (χ3v) is 4.57. The number of nitrogens with one attached hydrogen (secondary N) is 1. The van der Waals surface area contributed by atoms with E-state index >= 15 is 0 Å². The van der Waals surface area contributed by atoms with Gasteiger partial charge in [0.15, 0.2) is 0 Å². The molecule has 0 saturated heterocycles. The average molecular weight is 401 g/mol. The molecule has 0 radical (unpaired) electrons. The van der Waals surface area contributed by atoms with E-state index in [0.717, 1.165) is 23.4 Å². The number of benzene rings is 2. The standard InChI is InChI=1S/C22H19N5O3/c28-27(29)18-6-9-21-20(13-18)22(26-15-25-21)24-12-10-16-4-7-19(8-5-16)30-14-17-3-1-2-11-23-17/h1-9,11,13,15H,10,12,14H2,(H,24,25,26). The van der Waals surface area contributed by atoms with E-state index in [1.165, 1.54) is 18.5 Å². The fraction of sp³-hybridized carbons (Fsp3) is 0.136. The van der Waals surface area contributed by atoms with Crippen LogP contribution in [0.3, 0.4) is 0 Å². The average Bonchev–Trinajstić information content (AvgIpc) is 2.79. The zero-order chi connectivity index (χ0) is 20.8. The molecule has 0 bridgehead atoms. The van der Waals surface area contributed by atoms with Crippen LogP contribution in [0.25, 0.3) is 10.9 Å². The van der Waals surface area contributed by atoms with Gasteiger partial charge in [0.1, 0.15) is 24.5 Å². The SMILES string of the molecule is O=[N+]([O-])c1ccc2ncnc(NCCc3ccc(OCc4ccccn4)cc3)c2c1. The molecule has 0 atom stereocenters. The minimum atomic E-state index is -0.423. The summed E-state index contributed by atoms with van der Waals surface area (Å²) in [7, 11) is 0. The van der Waals surface area contributed by atoms with E-state index in [2.05, 4.69) is 20.3 Å². The van der Waals surface area contributed by atoms with Gasteiger partial charge in [-0.05, 0) is 42.3 Å². The number of rotatable bonds is 8. The monoisotopic (exact) mass is 401 g/mol. The number of hydrogen-bond donors (Lipinski definition) is 1. The Morgan fingerprint density at radius 3 is 2.63 bits per heavy atom. The molecule has 0 aliphatic rings. The van der Waals surface area contributed by atoms with E-state index in [0.29, 0.717) is 29.9 Å². The van der Waals surface area contributed by atoms with Crippen LogP contribution in [-0.4, -0.2) is 26.4 Å². The number of nitro benzene ring substituents is 1. The van der Waals surface area contributed by atoms with Crippen molar-refractivity contribution in [3.05, 3.63) is 94.6 Å². The van der Waals surface area contributed by atoms with Crippen molar-refractivity contribution in [1.29, 1.82) is 0 Å². The van der Waals surface area contributed by atoms with Crippen molar-refractivity contribution in [2.75, 3.05) is 11.9 Å². The Morgan fingerprint density at radius 2 is 1.87 bits per heavy atom. The number of hydrogen-bond acceptors (Lipinski definition) is 7. The number of fused-ring (bicyclic) bond motifs is 1. The van der Waals surface area contributed by atoms with Crippen molar-refractivity contribution in [3.8, 4) is 5.75 Å². The van der Waals surface area contributed by atoms with Gasteiger partial charge in [-0.15, -0.1) is 0 Å². The van der Waals surface area contributed by atoms with Gasteiger partial charge < -0.3 is 10.1 Å². The molecule has 8 heteroatoms. The number of ether oxygens (including phenoxy) is 1. The highest BCUT2D eigenvalue weighted by molar-refractivity contribution is 5.90. The summed E-state index contributed by atoms with van der Waals surface area (Å²) in [4.78, 5) is 23.3. The Morgan fingerprint density at radius 1 is 1.00 bits per heavy atom. The minimum Gasteiger partial charge on any atom is -0.487 e. The number of nitro groups is 1. The van der Waals surface area contributed by atoms with Crippen LogP contribution >= 0.6 is 0 Å². The molecule has 0 spiro atoms. The fourth-order valence-corrected chi connectivity index (χ4v) is 3.02. The molecule has 0 aliphatic heterocycles. The van der Waals surface area contributed by atoms with Gasteiger partial charge in [0, 0.05) is 30.3 Å². The Kier molecular flexibility index (Phi) is 5.75. The summed E-state index contributed by atoms with van der Waals surface area (Å²) in [5, 5.41) is 14.9. The van der Waals surface area contributed by atoms with E-state index in [1.807, 2.05) is 42.5 Å². The third-order valence-electron chi connectivity index (χ3n) is 4.57. The lowest BCUT2D eigenvalue weighted by Gasteiger charge is -2.09. The minimum absolute atomic E-state index is 0.0154. The van der Waals surface area contributed by atoms with Gasteiger partial charge in [0.05, 0.1) is 16.1 Å². The molecule has 30 heavy (non-hydrogen) atoms. The Bertz CT molecular complexity index is 1150. The predicted octanol–water partition coefficient (Wildman–Crippen LogP) is 4.17. The summed E-state index contributed by atoms with van der Waals surface area (Å²) in [6.07, 6.45) is 3.96. The van der Waals surface area contributed by atoms with E-state index in [1.54, 1.807) is 12.3 Å². The van der Waals surface area contributed by atoms with E-state index in [9.17, 15) is 10.1 Å². The number of pyridine rings is 1. The summed E-state index contributed by atoms with van der Waals surface area (Å²) >= 11 is 0. The summed E-state index contributed by atoms with van der Waals surface area (Å²) < 4.78 is 5.75. The highest BCUT2D eigenvalue weighted by Crippen LogP contribution is 2.24. The molecule has 0 saturated carbocycles. The van der Waals surface area contributed by atoms with Crippen LogP contribution in [0.5, 0.6) is 5.75 Å². The fourth-order valence-electron chi connectivity index (χ4n) is 3.02. The Labute approximate surface area is 172 Å². The van der Waals surface area contributed by atoms with Crippen LogP contribution in [0.2, 0.25) is 0 Å². The second-order valence-electron chi connectivity index (χ2n) is 6.61. The number of aromatic nitrogens is 3. The van der Waals surface area contributed by atoms with Crippen molar-refractivity contribution in [3.63, 3.8) is 0 Å². The maximum absolute atomic E-state index is 11.0. The van der Waals surface area contributed by atoms with E-state index < -0.39 is 4.92 Å². The third kappa shape index (κ3) is 4.67. The van der Waals surface area contributed by atoms with Gasteiger partial charge in [-0.1, -0.05) is 18.2 Å². The van der Waals surface area contributed by atoms with Crippen LogP contribution in [-0.2, 0) is 13.0 Å². The predicted molar refractivity (Wildman–Crippen MR) is 113 cm³/mol. The first-order valence-electron chi connectivity index (χ1n) is 9.44. The molecular formula is C22H19N5O3. The number of non-ortho nitro benzene ring substituents is 1. The maximum Gasteiger partial charge on any atom is 0.270 e. The molecule has 0 unspecified atom stereocenters. The maximum atomic E-state index is 11.0. The lowest BCUT2D eigenvalue weighted by Crippen LogP contribution is -2.07. The van der Waals surface area contributed by atoms with Gasteiger partial charge >= 0.3 is 0 Å². The summed E-state index contributed by atoms with van der Waals surface area (Å²) in [5.74, 6) is 1.37. The Balaban J connectivity index is 1.35. The highest BCUT2D eigenvalue weighted by atomic mass is 16.6. The van der Waals surface area contributed by atoms with Crippen LogP contribution in [0.4, 0.5) is 11.5 Å². The second-order valence-corrected chi connectivity index (χ2v) is 6.61. The van der Waals surface area contributed by atoms with Crippen molar-refractivity contribution in [2.45, 2.75) is 13.0 Å². The van der Waals surface area contributed by atoms with Crippen LogP contribution < -0.4 is 10.1 Å². The Hall–Kier alpha value is -4.07. The molecule has 1 N–H and O–H groups in total. The lowest BCUT2D eigenvalue weighted by molar-refractivity contribution is -0.384. The van der Waals surface area contributed by atoms with Crippen molar-refractivity contribution in [2.24, 2.45) is 0 Å². The molecule has 2 aromatic heterocycles. The molecule has 2 heterocycles. The van der Waals surface area contributed by atoms with Crippen molar-refractivity contribution < 1.29 is 9.66 Å². The summed E-state index contributed by atoms with van der Waals surface area (Å²) in [5.41, 5.74) is 2.69. The molecule has 2 aromatic carbocycles. The van der Waals surface area contributed by atoms with Crippen LogP contribution in [0.15, 0.2) is 73.2 Å². The van der Waals surface area contributed by atoms with Crippen LogP contribution in [0, 0.1) is 10.1 Å². The van der Waals surface area contributed by atoms with Gasteiger partial charge in [0.2, 0.25) is 0 Å². The molecule has 150 valence electrons. The van der Waals surface area contributed by atoms with Crippen LogP contribution in [0.1, 0.15) is 11.3 Å². The van der Waals surface area contributed by atoms with E-state index in [-0.39, 0.29) is 5.69 Å². The number of nitrogens with zero attached hydrogens (tertiary/aromatic N) is 4. The van der Waals surface area contributed by atoms with Crippen molar-refractivity contribution >= 4 is 22.4 Å². The molecule has 8 nitrogen and oxygen atoms in total. The second kappa shape index (κ2) is 8.95. The normalized spacial score (nSPS) is 10.7. The largest absolute Gasteiger partial charge is 0.487 e. The van der Waals surface area contributed by atoms with Crippen molar-refractivity contribution in [1.82, 2.24) is 15.0 Å². The summed E-state index contributed by atoms with van der Waals surface area (Å²) in [6.45, 7) is 1.05. The first-order valence-corrected chi connectivity index (χ1v) is 9.44. The zero-order valence-electron chi connectivity index (χ0n) is 16.1. The van der Waals surface area contributed by atoms with Gasteiger partial charge in [-0.3, -0.25) is 15.1 Å². The van der Waals surface area contributed by atoms with Gasteiger partial charge in [0.25, 0.3) is 5.69 Å².